The van der Waals surface area contributed by atoms with E-state index in [0.29, 0.717) is 29.0 Å². The highest BCUT2D eigenvalue weighted by molar-refractivity contribution is 6.19. The highest BCUT2D eigenvalue weighted by Gasteiger charge is 2.40. The lowest BCUT2D eigenvalue weighted by molar-refractivity contribution is -0.122. The van der Waals surface area contributed by atoms with Gasteiger partial charge in [0.25, 0.3) is 0 Å². The highest BCUT2D eigenvalue weighted by Crippen LogP contribution is 2.49. The number of ether oxygens (including phenoxy) is 1. The first-order chi connectivity index (χ1) is 27.1. The Balaban J connectivity index is 1.04. The molecule has 2 aliphatic heterocycles. The van der Waals surface area contributed by atoms with Gasteiger partial charge in [0, 0.05) is 72.0 Å². The van der Waals surface area contributed by atoms with E-state index < -0.39 is 31.0 Å². The molecule has 4 aromatic carbocycles. The van der Waals surface area contributed by atoms with Crippen LogP contribution in [0.5, 0.6) is 11.5 Å². The number of H-pyrrole nitrogens is 2. The Morgan fingerprint density at radius 1 is 0.786 bits per heavy atom. The predicted molar refractivity (Wildman–Crippen MR) is 217 cm³/mol. The van der Waals surface area contributed by atoms with Crippen LogP contribution in [0.4, 0.5) is 16.2 Å². The molecular formula is C44H42ClN5O6. The number of aromatic nitrogens is 2. The third-order valence-corrected chi connectivity index (χ3v) is 12.4. The molecule has 6 aromatic rings. The number of benzene rings is 4. The van der Waals surface area contributed by atoms with Crippen molar-refractivity contribution < 1.29 is 29.3 Å². The van der Waals surface area contributed by atoms with Crippen molar-refractivity contribution in [3.05, 3.63) is 106 Å². The minimum atomic E-state index is -0.798. The van der Waals surface area contributed by atoms with Crippen LogP contribution in [0.1, 0.15) is 64.5 Å². The van der Waals surface area contributed by atoms with Crippen molar-refractivity contribution in [1.29, 1.82) is 0 Å². The zero-order chi connectivity index (χ0) is 39.0. The summed E-state index contributed by atoms with van der Waals surface area (Å²) < 4.78 is 6.05. The van der Waals surface area contributed by atoms with E-state index in [2.05, 4.69) is 29.0 Å². The summed E-state index contributed by atoms with van der Waals surface area (Å²) in [6, 6.07) is 19.2. The largest absolute Gasteiger partial charge is 0.506 e. The normalized spacial score (nSPS) is 17.0. The summed E-state index contributed by atoms with van der Waals surface area (Å²) in [5.41, 5.74) is 10.3. The fourth-order valence-corrected chi connectivity index (χ4v) is 9.60. The predicted octanol–water partition coefficient (Wildman–Crippen LogP) is 8.14. The van der Waals surface area contributed by atoms with Gasteiger partial charge in [0.1, 0.15) is 31.2 Å². The Bertz CT molecular complexity index is 2430. The molecule has 2 atom stereocenters. The molecule has 2 aromatic heterocycles. The number of aromatic hydroxyl groups is 2. The number of halogens is 1. The van der Waals surface area contributed by atoms with Gasteiger partial charge in [-0.2, -0.15) is 0 Å². The van der Waals surface area contributed by atoms with Crippen molar-refractivity contribution in [3.8, 4) is 22.6 Å². The number of fused-ring (bicyclic) bond motifs is 9. The number of aromatic amines is 2. The molecule has 11 nitrogen and oxygen atoms in total. The number of anilines is 2. The molecule has 0 spiro atoms. The fraction of sp³-hybridized carbons (Fsp3) is 0.295. The number of nitrogens with one attached hydrogen (secondary N) is 2. The summed E-state index contributed by atoms with van der Waals surface area (Å²) >= 11 is 6.49. The molecule has 9 rings (SSSR count). The van der Waals surface area contributed by atoms with Crippen LogP contribution >= 0.6 is 11.6 Å². The van der Waals surface area contributed by atoms with Gasteiger partial charge in [-0.15, -0.1) is 11.6 Å². The van der Waals surface area contributed by atoms with Gasteiger partial charge in [0.15, 0.2) is 0 Å². The summed E-state index contributed by atoms with van der Waals surface area (Å²) in [7, 11) is 0. The molecule has 4 heterocycles. The lowest BCUT2D eigenvalue weighted by Gasteiger charge is -2.27. The monoisotopic (exact) mass is 771 g/mol. The molecule has 0 bridgehead atoms. The number of amides is 3. The second kappa shape index (κ2) is 13.7. The number of aryl methyl sites for hydroxylation is 2. The number of carbonyl (C=O) groups is 3. The minimum Gasteiger partial charge on any atom is -0.506 e. The molecule has 286 valence electrons. The fourth-order valence-electron chi connectivity index (χ4n) is 9.35. The molecule has 0 saturated heterocycles. The van der Waals surface area contributed by atoms with Crippen molar-refractivity contribution in [3.63, 3.8) is 0 Å². The standard InChI is InChI=1S/C44H42ClN5O6/c1-4-25-18-49(32-13-34(51)42-38(40(25)32)23(2)16-46-42)36(53)20-48(44(55)56-22-31-29-11-7-5-9-27(29)28-10-6-8-12-30(28)31)21-37(54)50-19-26(15-45)41-33(50)14-35(52)43-39(41)24(3)17-47-43/h5-14,16-17,25-26,31,46-47,51-52H,4,15,18-22H2,1-3H3/t25-,26-/m1/s1. The van der Waals surface area contributed by atoms with Crippen LogP contribution in [0.15, 0.2) is 73.1 Å². The van der Waals surface area contributed by atoms with E-state index in [1.54, 1.807) is 21.9 Å². The maximum Gasteiger partial charge on any atom is 0.410 e. The lowest BCUT2D eigenvalue weighted by Crippen LogP contribution is -2.48. The molecule has 0 unspecified atom stereocenters. The molecule has 4 N–H and O–H groups in total. The van der Waals surface area contributed by atoms with Crippen molar-refractivity contribution >= 4 is 62.7 Å². The summed E-state index contributed by atoms with van der Waals surface area (Å²) in [6.45, 7) is 5.68. The average Bonchev–Trinajstić information content (AvgIpc) is 4.02. The lowest BCUT2D eigenvalue weighted by atomic mass is 9.93. The molecule has 12 heteroatoms. The number of nitrogens with zero attached hydrogens (tertiary/aromatic N) is 3. The van der Waals surface area contributed by atoms with Crippen molar-refractivity contribution in [2.45, 2.75) is 44.9 Å². The van der Waals surface area contributed by atoms with E-state index in [4.69, 9.17) is 16.3 Å². The Hall–Kier alpha value is -5.94. The number of hydrogen-bond acceptors (Lipinski definition) is 6. The van der Waals surface area contributed by atoms with Crippen LogP contribution in [-0.2, 0) is 14.3 Å². The third-order valence-electron chi connectivity index (χ3n) is 12.0. The van der Waals surface area contributed by atoms with Gasteiger partial charge in [0.05, 0.1) is 22.4 Å². The maximum absolute atomic E-state index is 14.4. The van der Waals surface area contributed by atoms with Crippen LogP contribution in [0.2, 0.25) is 0 Å². The Morgan fingerprint density at radius 2 is 1.27 bits per heavy atom. The number of rotatable bonds is 8. The van der Waals surface area contributed by atoms with Crippen LogP contribution in [-0.4, -0.2) is 81.7 Å². The molecule has 3 aliphatic rings. The Kier molecular flexibility index (Phi) is 8.72. The van der Waals surface area contributed by atoms with Crippen molar-refractivity contribution in [2.75, 3.05) is 48.5 Å². The number of hydrogen-bond donors (Lipinski definition) is 4. The first-order valence-corrected chi connectivity index (χ1v) is 19.6. The summed E-state index contributed by atoms with van der Waals surface area (Å²) in [5.74, 6) is -1.02. The molecule has 0 fully saturated rings. The molecule has 3 amide bonds. The quantitative estimate of drug-likeness (QED) is 0.115. The number of carbonyl (C=O) groups excluding carboxylic acids is 3. The summed E-state index contributed by atoms with van der Waals surface area (Å²) in [4.78, 5) is 53.8. The zero-order valence-electron chi connectivity index (χ0n) is 31.4. The van der Waals surface area contributed by atoms with E-state index in [1.807, 2.05) is 62.6 Å². The van der Waals surface area contributed by atoms with Crippen LogP contribution in [0.25, 0.3) is 32.9 Å². The molecule has 1 aliphatic carbocycles. The van der Waals surface area contributed by atoms with E-state index in [9.17, 15) is 24.6 Å². The van der Waals surface area contributed by atoms with Gasteiger partial charge in [0.2, 0.25) is 11.8 Å². The first kappa shape index (κ1) is 35.7. The number of alkyl halides is 1. The zero-order valence-corrected chi connectivity index (χ0v) is 32.1. The minimum absolute atomic E-state index is 0.00311. The van der Waals surface area contributed by atoms with Gasteiger partial charge in [-0.3, -0.25) is 14.5 Å². The van der Waals surface area contributed by atoms with Gasteiger partial charge in [-0.25, -0.2) is 4.79 Å². The average molecular weight is 772 g/mol. The van der Waals surface area contributed by atoms with Crippen molar-refractivity contribution in [1.82, 2.24) is 14.9 Å². The molecule has 0 radical (unpaired) electrons. The smallest absolute Gasteiger partial charge is 0.410 e. The highest BCUT2D eigenvalue weighted by atomic mass is 35.5. The topological polar surface area (TPSA) is 142 Å². The summed E-state index contributed by atoms with van der Waals surface area (Å²) in [5, 5.41) is 23.7. The van der Waals surface area contributed by atoms with E-state index in [-0.39, 0.29) is 48.3 Å². The van der Waals surface area contributed by atoms with E-state index in [0.717, 1.165) is 61.7 Å². The second-order valence-corrected chi connectivity index (χ2v) is 15.5. The summed E-state index contributed by atoms with van der Waals surface area (Å²) in [6.07, 6.45) is 3.62. The van der Waals surface area contributed by atoms with Gasteiger partial charge in [-0.05, 0) is 64.8 Å². The van der Waals surface area contributed by atoms with Crippen LogP contribution in [0, 0.1) is 13.8 Å². The molecular weight excluding hydrogens is 730 g/mol. The van der Waals surface area contributed by atoms with Crippen LogP contribution in [0.3, 0.4) is 0 Å². The van der Waals surface area contributed by atoms with Crippen molar-refractivity contribution in [2.24, 2.45) is 0 Å². The molecule has 56 heavy (non-hydrogen) atoms. The maximum atomic E-state index is 14.4. The third kappa shape index (κ3) is 5.50. The van der Waals surface area contributed by atoms with Gasteiger partial charge in [-0.1, -0.05) is 55.5 Å². The molecule has 0 saturated carbocycles. The number of phenolic OH excluding ortho intramolecular Hbond substituents is 2. The van der Waals surface area contributed by atoms with Gasteiger partial charge >= 0.3 is 6.09 Å². The first-order valence-electron chi connectivity index (χ1n) is 19.0. The van der Waals surface area contributed by atoms with Gasteiger partial charge < -0.3 is 34.7 Å². The number of phenols is 2. The Labute approximate surface area is 328 Å². The van der Waals surface area contributed by atoms with Crippen LogP contribution < -0.4 is 9.80 Å². The second-order valence-electron chi connectivity index (χ2n) is 15.2. The Morgan fingerprint density at radius 3 is 1.77 bits per heavy atom. The van der Waals surface area contributed by atoms with E-state index in [1.165, 1.54) is 4.90 Å². The SMILES string of the molecule is CC[C@@H]1CN(C(=O)CN(CC(=O)N2C[C@@H](CCl)c3c2cc(O)c2[nH]cc(C)c32)C(=O)OCC2c3ccccc3-c3ccccc32)c2cc(O)c3[nH]cc(C)c3c21. The van der Waals surface area contributed by atoms with E-state index >= 15 is 0 Å².